The van der Waals surface area contributed by atoms with E-state index in [0.29, 0.717) is 6.29 Å². The van der Waals surface area contributed by atoms with Crippen molar-refractivity contribution in [2.45, 2.75) is 13.1 Å². The predicted molar refractivity (Wildman–Crippen MR) is 50.2 cm³/mol. The molecule has 0 aliphatic heterocycles. The molecule has 0 bridgehead atoms. The van der Waals surface area contributed by atoms with Crippen molar-refractivity contribution >= 4 is 6.29 Å². The Morgan fingerprint density at radius 3 is 2.75 bits per heavy atom. The van der Waals surface area contributed by atoms with Crippen LogP contribution < -0.4 is 0 Å². The standard InChI is InChI=1S/C9H8F2N4O/c10-9(11)15-4-2-12-7(15)5-14-3-1-13-8(14)6-16/h1-4,6,9H,5H2. The first-order valence-corrected chi connectivity index (χ1v) is 4.48. The van der Waals surface area contributed by atoms with Crippen LogP contribution in [0.4, 0.5) is 8.78 Å². The van der Waals surface area contributed by atoms with Gasteiger partial charge in [0.05, 0.1) is 6.54 Å². The lowest BCUT2D eigenvalue weighted by molar-refractivity contribution is 0.0667. The molecule has 0 saturated heterocycles. The fraction of sp³-hybridized carbons (Fsp3) is 0.222. The van der Waals surface area contributed by atoms with Gasteiger partial charge in [0.25, 0.3) is 0 Å². The highest BCUT2D eigenvalue weighted by Crippen LogP contribution is 2.13. The van der Waals surface area contributed by atoms with Crippen LogP contribution in [0.3, 0.4) is 0 Å². The highest BCUT2D eigenvalue weighted by molar-refractivity contribution is 5.69. The van der Waals surface area contributed by atoms with E-state index in [1.807, 2.05) is 0 Å². The Morgan fingerprint density at radius 2 is 2.06 bits per heavy atom. The first kappa shape index (κ1) is 10.5. The molecule has 2 heterocycles. The number of aromatic nitrogens is 4. The number of halogens is 2. The highest BCUT2D eigenvalue weighted by atomic mass is 19.3. The summed E-state index contributed by atoms with van der Waals surface area (Å²) in [6.07, 6.45) is 6.01. The van der Waals surface area contributed by atoms with Gasteiger partial charge in [-0.1, -0.05) is 0 Å². The molecule has 0 aliphatic carbocycles. The molecule has 0 fully saturated rings. The molecule has 0 unspecified atom stereocenters. The van der Waals surface area contributed by atoms with Gasteiger partial charge in [-0.2, -0.15) is 8.78 Å². The molecule has 16 heavy (non-hydrogen) atoms. The fourth-order valence-corrected chi connectivity index (χ4v) is 1.37. The average molecular weight is 226 g/mol. The van der Waals surface area contributed by atoms with Crippen LogP contribution in [-0.4, -0.2) is 25.4 Å². The van der Waals surface area contributed by atoms with E-state index in [0.717, 1.165) is 4.57 Å². The van der Waals surface area contributed by atoms with Gasteiger partial charge in [0.15, 0.2) is 12.1 Å². The average Bonchev–Trinajstić information content (AvgIpc) is 2.86. The van der Waals surface area contributed by atoms with Crippen molar-refractivity contribution in [1.29, 1.82) is 0 Å². The number of imidazole rings is 2. The zero-order valence-electron chi connectivity index (χ0n) is 8.12. The second-order valence-electron chi connectivity index (χ2n) is 3.06. The van der Waals surface area contributed by atoms with E-state index in [1.54, 1.807) is 0 Å². The Hall–Kier alpha value is -2.05. The summed E-state index contributed by atoms with van der Waals surface area (Å²) in [4.78, 5) is 18.1. The van der Waals surface area contributed by atoms with Gasteiger partial charge in [0.1, 0.15) is 5.82 Å². The Bertz CT molecular complexity index is 491. The summed E-state index contributed by atoms with van der Waals surface area (Å²) in [5.74, 6) is 0.361. The number of carbonyl (C=O) groups excluding carboxylic acids is 1. The molecule has 0 atom stereocenters. The van der Waals surface area contributed by atoms with E-state index < -0.39 is 6.55 Å². The molecule has 2 rings (SSSR count). The Kier molecular flexibility index (Phi) is 2.76. The van der Waals surface area contributed by atoms with E-state index >= 15 is 0 Å². The molecular formula is C9H8F2N4O. The van der Waals surface area contributed by atoms with Gasteiger partial charge in [-0.05, 0) is 0 Å². The topological polar surface area (TPSA) is 52.7 Å². The predicted octanol–water partition coefficient (Wildman–Crippen LogP) is 1.34. The minimum Gasteiger partial charge on any atom is -0.321 e. The number of alkyl halides is 2. The fourth-order valence-electron chi connectivity index (χ4n) is 1.37. The van der Waals surface area contributed by atoms with E-state index in [2.05, 4.69) is 9.97 Å². The molecule has 0 amide bonds. The lowest BCUT2D eigenvalue weighted by Crippen LogP contribution is -2.10. The molecule has 7 heteroatoms. The monoisotopic (exact) mass is 226 g/mol. The molecule has 0 aliphatic rings. The van der Waals surface area contributed by atoms with Gasteiger partial charge in [0.2, 0.25) is 0 Å². The highest BCUT2D eigenvalue weighted by Gasteiger charge is 2.12. The molecule has 0 N–H and O–H groups in total. The molecular weight excluding hydrogens is 218 g/mol. The zero-order chi connectivity index (χ0) is 11.5. The largest absolute Gasteiger partial charge is 0.321 e. The number of hydrogen-bond donors (Lipinski definition) is 0. The molecule has 2 aromatic rings. The summed E-state index contributed by atoms with van der Waals surface area (Å²) in [6, 6.07) is 0. The summed E-state index contributed by atoms with van der Waals surface area (Å²) in [5.41, 5.74) is 0. The molecule has 0 radical (unpaired) electrons. The number of rotatable bonds is 4. The van der Waals surface area contributed by atoms with Crippen LogP contribution in [0.15, 0.2) is 24.8 Å². The summed E-state index contributed by atoms with van der Waals surface area (Å²) in [6.45, 7) is -2.55. The van der Waals surface area contributed by atoms with Crippen LogP contribution in [0.5, 0.6) is 0 Å². The van der Waals surface area contributed by atoms with Gasteiger partial charge >= 0.3 is 6.55 Å². The van der Waals surface area contributed by atoms with Crippen LogP contribution in [-0.2, 0) is 6.54 Å². The van der Waals surface area contributed by atoms with Crippen LogP contribution in [0.2, 0.25) is 0 Å². The smallest absolute Gasteiger partial charge is 0.319 e. The number of carbonyl (C=O) groups is 1. The van der Waals surface area contributed by atoms with Crippen molar-refractivity contribution < 1.29 is 13.6 Å². The summed E-state index contributed by atoms with van der Waals surface area (Å²) >= 11 is 0. The molecule has 2 aromatic heterocycles. The van der Waals surface area contributed by atoms with Gasteiger partial charge in [-0.15, -0.1) is 0 Å². The molecule has 84 valence electrons. The maximum Gasteiger partial charge on any atom is 0.319 e. The molecule has 0 aromatic carbocycles. The summed E-state index contributed by atoms with van der Waals surface area (Å²) < 4.78 is 27.2. The van der Waals surface area contributed by atoms with Crippen molar-refractivity contribution in [3.05, 3.63) is 36.4 Å². The third-order valence-electron chi connectivity index (χ3n) is 2.12. The second-order valence-corrected chi connectivity index (χ2v) is 3.06. The first-order chi connectivity index (χ1) is 7.72. The Morgan fingerprint density at radius 1 is 1.31 bits per heavy atom. The Labute approximate surface area is 89.4 Å². The van der Waals surface area contributed by atoms with Crippen molar-refractivity contribution in [2.75, 3.05) is 0 Å². The van der Waals surface area contributed by atoms with Crippen molar-refractivity contribution in [3.63, 3.8) is 0 Å². The number of hydrogen-bond acceptors (Lipinski definition) is 3. The lowest BCUT2D eigenvalue weighted by atomic mass is 10.5. The van der Waals surface area contributed by atoms with E-state index in [9.17, 15) is 13.6 Å². The Balaban J connectivity index is 2.27. The third kappa shape index (κ3) is 1.83. The number of aldehydes is 1. The van der Waals surface area contributed by atoms with Crippen molar-refractivity contribution in [2.24, 2.45) is 0 Å². The van der Waals surface area contributed by atoms with Gasteiger partial charge in [0, 0.05) is 24.8 Å². The second kappa shape index (κ2) is 4.21. The molecule has 5 nitrogen and oxygen atoms in total. The SMILES string of the molecule is O=Cc1nccn1Cc1nccn1C(F)F. The van der Waals surface area contributed by atoms with Crippen molar-refractivity contribution in [1.82, 2.24) is 19.1 Å². The van der Waals surface area contributed by atoms with Crippen molar-refractivity contribution in [3.8, 4) is 0 Å². The maximum absolute atomic E-state index is 12.5. The quantitative estimate of drug-likeness (QED) is 0.739. The minimum atomic E-state index is -2.64. The van der Waals surface area contributed by atoms with E-state index in [1.165, 1.54) is 29.4 Å². The van der Waals surface area contributed by atoms with E-state index in [-0.39, 0.29) is 18.2 Å². The van der Waals surface area contributed by atoms with Crippen LogP contribution in [0, 0.1) is 0 Å². The normalized spacial score (nSPS) is 10.9. The molecule has 0 spiro atoms. The minimum absolute atomic E-state index is 0.0887. The van der Waals surface area contributed by atoms with Crippen LogP contribution >= 0.6 is 0 Å². The van der Waals surface area contributed by atoms with Gasteiger partial charge in [-0.25, -0.2) is 9.97 Å². The lowest BCUT2D eigenvalue weighted by Gasteiger charge is -2.07. The van der Waals surface area contributed by atoms with E-state index in [4.69, 9.17) is 0 Å². The zero-order valence-corrected chi connectivity index (χ0v) is 8.12. The van der Waals surface area contributed by atoms with Gasteiger partial charge in [-0.3, -0.25) is 9.36 Å². The van der Waals surface area contributed by atoms with Crippen LogP contribution in [0.1, 0.15) is 23.0 Å². The summed E-state index contributed by atoms with van der Waals surface area (Å²) in [7, 11) is 0. The maximum atomic E-state index is 12.5. The number of nitrogens with zero attached hydrogens (tertiary/aromatic N) is 4. The van der Waals surface area contributed by atoms with Gasteiger partial charge < -0.3 is 4.57 Å². The third-order valence-corrected chi connectivity index (χ3v) is 2.12. The van der Waals surface area contributed by atoms with Crippen LogP contribution in [0.25, 0.3) is 0 Å². The molecule has 0 saturated carbocycles. The first-order valence-electron chi connectivity index (χ1n) is 4.48. The summed E-state index contributed by atoms with van der Waals surface area (Å²) in [5, 5.41) is 0.